The zero-order valence-corrected chi connectivity index (χ0v) is 16.3. The van der Waals surface area contributed by atoms with Gasteiger partial charge in [0.25, 0.3) is 0 Å². The van der Waals surface area contributed by atoms with Crippen LogP contribution in [0.4, 0.5) is 4.79 Å². The van der Waals surface area contributed by atoms with Gasteiger partial charge in [0.1, 0.15) is 12.1 Å². The van der Waals surface area contributed by atoms with Crippen LogP contribution in [0, 0.1) is 0 Å². The number of aromatic nitrogens is 1. The second kappa shape index (κ2) is 9.22. The lowest BCUT2D eigenvalue weighted by Crippen LogP contribution is -2.51. The van der Waals surface area contributed by atoms with E-state index in [0.717, 1.165) is 5.52 Å². The molecule has 0 fully saturated rings. The molecule has 0 saturated heterocycles. The summed E-state index contributed by atoms with van der Waals surface area (Å²) in [5.74, 6) is -0.607. The summed E-state index contributed by atoms with van der Waals surface area (Å²) in [7, 11) is 0. The summed E-state index contributed by atoms with van der Waals surface area (Å²) in [4.78, 5) is 40.6. The average molecular weight is 401 g/mol. The summed E-state index contributed by atoms with van der Waals surface area (Å²) in [6.07, 6.45) is 0.831. The van der Waals surface area contributed by atoms with Crippen LogP contribution in [0.3, 0.4) is 0 Å². The Morgan fingerprint density at radius 2 is 2.00 bits per heavy atom. The van der Waals surface area contributed by atoms with Crippen LogP contribution in [0.15, 0.2) is 40.0 Å². The van der Waals surface area contributed by atoms with Crippen LogP contribution in [0.5, 0.6) is 0 Å². The molecule has 1 aromatic carbocycles. The van der Waals surface area contributed by atoms with Gasteiger partial charge in [-0.1, -0.05) is 19.1 Å². The lowest BCUT2D eigenvalue weighted by atomic mass is 10.0. The molecule has 29 heavy (non-hydrogen) atoms. The van der Waals surface area contributed by atoms with Gasteiger partial charge in [-0.05, 0) is 25.5 Å². The Morgan fingerprint density at radius 3 is 2.72 bits per heavy atom. The van der Waals surface area contributed by atoms with Crippen LogP contribution in [-0.2, 0) is 25.5 Å². The highest BCUT2D eigenvalue weighted by Gasteiger charge is 2.32. The van der Waals surface area contributed by atoms with Crippen molar-refractivity contribution in [3.63, 3.8) is 0 Å². The molecule has 1 aliphatic heterocycles. The third-order valence-electron chi connectivity index (χ3n) is 4.41. The number of carbonyl (C=O) groups is 3. The van der Waals surface area contributed by atoms with Crippen molar-refractivity contribution >= 4 is 29.1 Å². The van der Waals surface area contributed by atoms with E-state index in [0.29, 0.717) is 17.9 Å². The Kier molecular flexibility index (Phi) is 6.48. The summed E-state index contributed by atoms with van der Waals surface area (Å²) >= 11 is 0. The van der Waals surface area contributed by atoms with E-state index in [2.05, 4.69) is 15.6 Å². The minimum absolute atomic E-state index is 0.0538. The zero-order chi connectivity index (χ0) is 20.8. The molecule has 0 saturated carbocycles. The van der Waals surface area contributed by atoms with Gasteiger partial charge in [0, 0.05) is 6.42 Å². The molecular formula is C20H23N3O6. The summed E-state index contributed by atoms with van der Waals surface area (Å²) < 4.78 is 15.9. The van der Waals surface area contributed by atoms with Crippen molar-refractivity contribution in [1.82, 2.24) is 15.6 Å². The van der Waals surface area contributed by atoms with Crippen molar-refractivity contribution in [2.24, 2.45) is 0 Å². The fraction of sp³-hybridized carbons (Fsp3) is 0.400. The molecule has 2 aromatic rings. The predicted octanol–water partition coefficient (Wildman–Crippen LogP) is 2.21. The number of carbonyl (C=O) groups excluding carboxylic acids is 3. The van der Waals surface area contributed by atoms with E-state index < -0.39 is 24.0 Å². The van der Waals surface area contributed by atoms with Gasteiger partial charge < -0.3 is 24.5 Å². The molecule has 2 amide bonds. The molecule has 1 aliphatic rings. The summed E-state index contributed by atoms with van der Waals surface area (Å²) in [6.45, 7) is 3.49. The number of aryl methyl sites for hydroxylation is 1. The van der Waals surface area contributed by atoms with Crippen LogP contribution in [-0.4, -0.2) is 42.2 Å². The van der Waals surface area contributed by atoms with E-state index in [-0.39, 0.29) is 37.3 Å². The molecule has 9 heteroatoms. The Balaban J connectivity index is 1.62. The molecule has 3 rings (SSSR count). The first-order valence-corrected chi connectivity index (χ1v) is 9.49. The first kappa shape index (κ1) is 20.4. The number of benzene rings is 1. The Bertz CT molecular complexity index is 916. The quantitative estimate of drug-likeness (QED) is 0.651. The lowest BCUT2D eigenvalue weighted by Gasteiger charge is -2.28. The molecule has 0 unspecified atom stereocenters. The van der Waals surface area contributed by atoms with Gasteiger partial charge in [-0.25, -0.2) is 14.6 Å². The van der Waals surface area contributed by atoms with Crippen LogP contribution < -0.4 is 10.6 Å². The first-order chi connectivity index (χ1) is 14.0. The fourth-order valence-electron chi connectivity index (χ4n) is 3.04. The molecule has 2 N–H and O–H groups in total. The number of urea groups is 1. The topological polar surface area (TPSA) is 120 Å². The van der Waals surface area contributed by atoms with E-state index in [9.17, 15) is 14.4 Å². The highest BCUT2D eigenvalue weighted by molar-refractivity contribution is 5.94. The Hall–Kier alpha value is -3.36. The first-order valence-electron chi connectivity index (χ1n) is 9.49. The summed E-state index contributed by atoms with van der Waals surface area (Å²) in [5, 5.41) is 5.20. The third-order valence-corrected chi connectivity index (χ3v) is 4.41. The van der Waals surface area contributed by atoms with Gasteiger partial charge in [-0.3, -0.25) is 4.79 Å². The highest BCUT2D eigenvalue weighted by atomic mass is 16.5. The van der Waals surface area contributed by atoms with Crippen LogP contribution >= 0.6 is 0 Å². The molecule has 154 valence electrons. The van der Waals surface area contributed by atoms with Crippen molar-refractivity contribution < 1.29 is 28.3 Å². The third kappa shape index (κ3) is 4.92. The van der Waals surface area contributed by atoms with Gasteiger partial charge in [0.05, 0.1) is 30.3 Å². The second-order valence-corrected chi connectivity index (χ2v) is 6.41. The largest absolute Gasteiger partial charge is 0.463 e. The Labute approximate surface area is 167 Å². The number of esters is 2. The van der Waals surface area contributed by atoms with Crippen LogP contribution in [0.1, 0.15) is 32.6 Å². The number of oxazole rings is 1. The average Bonchev–Trinajstić information content (AvgIpc) is 3.13. The van der Waals surface area contributed by atoms with Crippen LogP contribution in [0.2, 0.25) is 0 Å². The monoisotopic (exact) mass is 401 g/mol. The number of hydrogen-bond donors (Lipinski definition) is 2. The van der Waals surface area contributed by atoms with E-state index in [1.807, 2.05) is 25.1 Å². The number of nitrogens with one attached hydrogen (secondary N) is 2. The maximum Gasteiger partial charge on any atom is 0.338 e. The standard InChI is InChI=1S/C20H23N3O6/c1-3-12-18(19(25)27-4-2)14(23-20(26)22-12)11-28-17(24)10-9-16-21-13-7-5-6-8-15(13)29-16/h5-8,12H,3-4,9-11H2,1-2H3,(H2,22,23,26)/t12-/m1/s1. The number of para-hydroxylation sites is 2. The fourth-order valence-corrected chi connectivity index (χ4v) is 3.04. The lowest BCUT2D eigenvalue weighted by molar-refractivity contribution is -0.143. The molecule has 0 bridgehead atoms. The summed E-state index contributed by atoms with van der Waals surface area (Å²) in [5.41, 5.74) is 1.88. The van der Waals surface area contributed by atoms with E-state index in [4.69, 9.17) is 13.9 Å². The predicted molar refractivity (Wildman–Crippen MR) is 103 cm³/mol. The van der Waals surface area contributed by atoms with Gasteiger partial charge in [-0.2, -0.15) is 0 Å². The molecular weight excluding hydrogens is 378 g/mol. The highest BCUT2D eigenvalue weighted by Crippen LogP contribution is 2.18. The molecule has 0 radical (unpaired) electrons. The maximum absolute atomic E-state index is 12.3. The van der Waals surface area contributed by atoms with Crippen molar-refractivity contribution in [3.8, 4) is 0 Å². The van der Waals surface area contributed by atoms with E-state index in [1.54, 1.807) is 13.0 Å². The van der Waals surface area contributed by atoms with Crippen LogP contribution in [0.25, 0.3) is 11.1 Å². The number of fused-ring (bicyclic) bond motifs is 1. The smallest absolute Gasteiger partial charge is 0.338 e. The Morgan fingerprint density at radius 1 is 1.21 bits per heavy atom. The van der Waals surface area contributed by atoms with E-state index >= 15 is 0 Å². The molecule has 0 spiro atoms. The molecule has 2 heterocycles. The second-order valence-electron chi connectivity index (χ2n) is 6.41. The molecule has 1 aromatic heterocycles. The van der Waals surface area contributed by atoms with Crippen molar-refractivity contribution in [2.75, 3.05) is 13.2 Å². The minimum Gasteiger partial charge on any atom is -0.463 e. The molecule has 9 nitrogen and oxygen atoms in total. The number of nitrogens with zero attached hydrogens (tertiary/aromatic N) is 1. The number of rotatable bonds is 8. The minimum atomic E-state index is -0.552. The number of ether oxygens (including phenoxy) is 2. The maximum atomic E-state index is 12.3. The SMILES string of the molecule is CCOC(=O)C1=C(COC(=O)CCc2nc3ccccc3o2)NC(=O)N[C@@H]1CC. The van der Waals surface area contributed by atoms with Gasteiger partial charge in [-0.15, -0.1) is 0 Å². The molecule has 0 aliphatic carbocycles. The molecule has 1 atom stereocenters. The van der Waals surface area contributed by atoms with Crippen molar-refractivity contribution in [1.29, 1.82) is 0 Å². The normalized spacial score (nSPS) is 16.3. The van der Waals surface area contributed by atoms with Crippen molar-refractivity contribution in [3.05, 3.63) is 41.4 Å². The van der Waals surface area contributed by atoms with Crippen molar-refractivity contribution in [2.45, 2.75) is 39.2 Å². The van der Waals surface area contributed by atoms with E-state index in [1.165, 1.54) is 0 Å². The van der Waals surface area contributed by atoms with Gasteiger partial charge in [0.2, 0.25) is 0 Å². The zero-order valence-electron chi connectivity index (χ0n) is 16.3. The number of amides is 2. The summed E-state index contributed by atoms with van der Waals surface area (Å²) in [6, 6.07) is 6.37. The number of hydrogen-bond acceptors (Lipinski definition) is 7. The van der Waals surface area contributed by atoms with Gasteiger partial charge in [0.15, 0.2) is 11.5 Å². The van der Waals surface area contributed by atoms with Gasteiger partial charge >= 0.3 is 18.0 Å².